The average molecular weight is 190 g/mol. The zero-order chi connectivity index (χ0) is 10.5. The van der Waals surface area contributed by atoms with Gasteiger partial charge in [-0.15, -0.1) is 0 Å². The van der Waals surface area contributed by atoms with E-state index in [9.17, 15) is 4.79 Å². The lowest BCUT2D eigenvalue weighted by atomic mass is 10.3. The summed E-state index contributed by atoms with van der Waals surface area (Å²) in [4.78, 5) is 9.65. The third-order valence-corrected chi connectivity index (χ3v) is 0.736. The topological polar surface area (TPSA) is 64.3 Å². The molecule has 0 aliphatic rings. The van der Waals surface area contributed by atoms with Crippen molar-refractivity contribution in [3.8, 4) is 0 Å². The molecule has 0 aliphatic carbocycles. The van der Waals surface area contributed by atoms with E-state index in [1.165, 1.54) is 0 Å². The van der Waals surface area contributed by atoms with Crippen LogP contribution in [0.3, 0.4) is 0 Å². The molecule has 13 heavy (non-hydrogen) atoms. The number of nitrogens with two attached hydrogens (primary N) is 1. The monoisotopic (exact) mass is 190 g/mol. The Morgan fingerprint density at radius 3 is 2.31 bits per heavy atom. The Bertz CT molecular complexity index is 94.9. The highest BCUT2D eigenvalue weighted by atomic mass is 16.5. The Labute approximate surface area is 80.8 Å². The lowest BCUT2D eigenvalue weighted by Crippen LogP contribution is -2.19. The van der Waals surface area contributed by atoms with Crippen LogP contribution in [-0.2, 0) is 9.53 Å². The molecule has 0 aromatic heterocycles. The highest BCUT2D eigenvalue weighted by Gasteiger charge is 1.82. The standard InChI is InChI=1S/C5H12N2O2.C4H10/c6-1-3-9-4-2-7-5-8;1-4(2)3/h5H,1-4,6H2,(H,7,8);4H,1-3H3. The molecule has 0 fully saturated rings. The van der Waals surface area contributed by atoms with Crippen LogP contribution in [0.2, 0.25) is 0 Å². The number of carbonyl (C=O) groups is 1. The summed E-state index contributed by atoms with van der Waals surface area (Å²) in [5, 5.41) is 2.46. The molecular formula is C9H22N2O2. The van der Waals surface area contributed by atoms with Gasteiger partial charge in [0.25, 0.3) is 0 Å². The van der Waals surface area contributed by atoms with Gasteiger partial charge < -0.3 is 15.8 Å². The summed E-state index contributed by atoms with van der Waals surface area (Å²) in [7, 11) is 0. The van der Waals surface area contributed by atoms with Gasteiger partial charge >= 0.3 is 0 Å². The van der Waals surface area contributed by atoms with Crippen LogP contribution < -0.4 is 11.1 Å². The van der Waals surface area contributed by atoms with Crippen molar-refractivity contribution in [1.29, 1.82) is 0 Å². The van der Waals surface area contributed by atoms with E-state index in [0.29, 0.717) is 32.7 Å². The minimum absolute atomic E-state index is 0.529. The van der Waals surface area contributed by atoms with E-state index in [1.807, 2.05) is 0 Å². The summed E-state index contributed by atoms with van der Waals surface area (Å²) in [5.41, 5.74) is 5.13. The summed E-state index contributed by atoms with van der Waals surface area (Å²) in [6.07, 6.45) is 0.645. The summed E-state index contributed by atoms with van der Waals surface area (Å²) in [6, 6.07) is 0. The first-order valence-electron chi connectivity index (χ1n) is 4.60. The number of carbonyl (C=O) groups excluding carboxylic acids is 1. The Morgan fingerprint density at radius 1 is 1.38 bits per heavy atom. The Hall–Kier alpha value is -0.610. The highest BCUT2D eigenvalue weighted by Crippen LogP contribution is 1.81. The van der Waals surface area contributed by atoms with Crippen molar-refractivity contribution in [2.75, 3.05) is 26.3 Å². The van der Waals surface area contributed by atoms with E-state index in [4.69, 9.17) is 10.5 Å². The molecule has 0 saturated heterocycles. The van der Waals surface area contributed by atoms with E-state index in [-0.39, 0.29) is 0 Å². The van der Waals surface area contributed by atoms with Crippen LogP contribution in [0.5, 0.6) is 0 Å². The Kier molecular flexibility index (Phi) is 16.0. The fourth-order valence-electron chi connectivity index (χ4n) is 0.375. The molecule has 3 N–H and O–H groups in total. The van der Waals surface area contributed by atoms with Crippen molar-refractivity contribution < 1.29 is 9.53 Å². The Morgan fingerprint density at radius 2 is 1.92 bits per heavy atom. The van der Waals surface area contributed by atoms with Crippen molar-refractivity contribution in [1.82, 2.24) is 5.32 Å². The van der Waals surface area contributed by atoms with Gasteiger partial charge in [-0.25, -0.2) is 0 Å². The molecule has 1 amide bonds. The van der Waals surface area contributed by atoms with E-state index >= 15 is 0 Å². The molecule has 0 aliphatic heterocycles. The molecule has 80 valence electrons. The van der Waals surface area contributed by atoms with E-state index in [2.05, 4.69) is 26.1 Å². The molecule has 4 heteroatoms. The second-order valence-electron chi connectivity index (χ2n) is 3.21. The number of hydrogen-bond acceptors (Lipinski definition) is 3. The first-order valence-corrected chi connectivity index (χ1v) is 4.60. The summed E-state index contributed by atoms with van der Waals surface area (Å²) >= 11 is 0. The maximum Gasteiger partial charge on any atom is 0.207 e. The number of hydrogen-bond donors (Lipinski definition) is 2. The second-order valence-corrected chi connectivity index (χ2v) is 3.21. The molecule has 0 rings (SSSR count). The molecule has 0 bridgehead atoms. The average Bonchev–Trinajstić information content (AvgIpc) is 2.03. The van der Waals surface area contributed by atoms with Gasteiger partial charge in [-0.3, -0.25) is 4.79 Å². The molecular weight excluding hydrogens is 168 g/mol. The van der Waals surface area contributed by atoms with Gasteiger partial charge in [-0.2, -0.15) is 0 Å². The van der Waals surface area contributed by atoms with Crippen molar-refractivity contribution in [3.05, 3.63) is 0 Å². The van der Waals surface area contributed by atoms with Gasteiger partial charge in [0, 0.05) is 13.1 Å². The zero-order valence-electron chi connectivity index (χ0n) is 8.88. The van der Waals surface area contributed by atoms with Crippen LogP contribution in [-0.4, -0.2) is 32.7 Å². The van der Waals surface area contributed by atoms with E-state index in [0.717, 1.165) is 5.92 Å². The van der Waals surface area contributed by atoms with Gasteiger partial charge in [0.2, 0.25) is 6.41 Å². The van der Waals surface area contributed by atoms with Crippen LogP contribution in [0, 0.1) is 5.92 Å². The maximum atomic E-state index is 9.65. The van der Waals surface area contributed by atoms with Crippen molar-refractivity contribution in [2.24, 2.45) is 11.7 Å². The van der Waals surface area contributed by atoms with Crippen molar-refractivity contribution >= 4 is 6.41 Å². The van der Waals surface area contributed by atoms with Crippen molar-refractivity contribution in [3.63, 3.8) is 0 Å². The predicted octanol–water partition coefficient (Wildman–Crippen LogP) is 0.370. The molecule has 0 heterocycles. The van der Waals surface area contributed by atoms with Gasteiger partial charge in [0.15, 0.2) is 0 Å². The van der Waals surface area contributed by atoms with Gasteiger partial charge in [0.05, 0.1) is 13.2 Å². The lowest BCUT2D eigenvalue weighted by Gasteiger charge is -1.99. The third-order valence-electron chi connectivity index (χ3n) is 0.736. The fraction of sp³-hybridized carbons (Fsp3) is 0.889. The van der Waals surface area contributed by atoms with Gasteiger partial charge in [-0.05, 0) is 5.92 Å². The highest BCUT2D eigenvalue weighted by molar-refractivity contribution is 5.45. The molecule has 0 radical (unpaired) electrons. The molecule has 4 nitrogen and oxygen atoms in total. The summed E-state index contributed by atoms with van der Waals surface area (Å²) in [5.74, 6) is 0.833. The van der Waals surface area contributed by atoms with Crippen LogP contribution in [0.1, 0.15) is 20.8 Å². The minimum Gasteiger partial charge on any atom is -0.378 e. The normalized spacial score (nSPS) is 9.00. The molecule has 0 spiro atoms. The first kappa shape index (κ1) is 14.9. The van der Waals surface area contributed by atoms with Crippen molar-refractivity contribution in [2.45, 2.75) is 20.8 Å². The zero-order valence-corrected chi connectivity index (χ0v) is 8.88. The molecule has 0 aromatic rings. The van der Waals surface area contributed by atoms with E-state index in [1.54, 1.807) is 0 Å². The maximum absolute atomic E-state index is 9.65. The minimum atomic E-state index is 0.529. The number of ether oxygens (including phenoxy) is 1. The first-order chi connectivity index (χ1) is 6.15. The SMILES string of the molecule is CC(C)C.NCCOCCNC=O. The van der Waals surface area contributed by atoms with Gasteiger partial charge in [0.1, 0.15) is 0 Å². The number of rotatable bonds is 6. The molecule has 0 saturated carbocycles. The summed E-state index contributed by atoms with van der Waals surface area (Å²) in [6.45, 7) is 8.68. The van der Waals surface area contributed by atoms with E-state index < -0.39 is 0 Å². The number of amides is 1. The molecule has 0 atom stereocenters. The smallest absolute Gasteiger partial charge is 0.207 e. The van der Waals surface area contributed by atoms with Crippen LogP contribution in [0.15, 0.2) is 0 Å². The predicted molar refractivity (Wildman–Crippen MR) is 54.5 cm³/mol. The summed E-state index contributed by atoms with van der Waals surface area (Å²) < 4.78 is 4.94. The quantitative estimate of drug-likeness (QED) is 0.470. The van der Waals surface area contributed by atoms with Gasteiger partial charge in [-0.1, -0.05) is 20.8 Å². The number of nitrogens with one attached hydrogen (secondary N) is 1. The second kappa shape index (κ2) is 13.9. The lowest BCUT2D eigenvalue weighted by molar-refractivity contribution is -0.109. The van der Waals surface area contributed by atoms with Crippen LogP contribution >= 0.6 is 0 Å². The molecule has 0 aromatic carbocycles. The molecule has 0 unspecified atom stereocenters. The Balaban J connectivity index is 0. The largest absolute Gasteiger partial charge is 0.378 e. The fourth-order valence-corrected chi connectivity index (χ4v) is 0.375. The van der Waals surface area contributed by atoms with Crippen LogP contribution in [0.4, 0.5) is 0 Å². The van der Waals surface area contributed by atoms with Crippen LogP contribution in [0.25, 0.3) is 0 Å². The third kappa shape index (κ3) is 34.6.